The highest BCUT2D eigenvalue weighted by atomic mass is 19.4. The highest BCUT2D eigenvalue weighted by Crippen LogP contribution is 2.38. The van der Waals surface area contributed by atoms with E-state index < -0.39 is 6.36 Å². The molecule has 3 aromatic heterocycles. The number of aryl methyl sites for hydroxylation is 1. The molecule has 1 aliphatic rings. The van der Waals surface area contributed by atoms with Gasteiger partial charge in [0.1, 0.15) is 5.75 Å². The number of pyridine rings is 1. The van der Waals surface area contributed by atoms with Crippen molar-refractivity contribution >= 4 is 0 Å². The molecule has 1 aromatic carbocycles. The highest BCUT2D eigenvalue weighted by molar-refractivity contribution is 5.58. The molecule has 3 heterocycles. The van der Waals surface area contributed by atoms with Crippen LogP contribution in [0.15, 0.2) is 53.2 Å². The van der Waals surface area contributed by atoms with Crippen LogP contribution in [0.25, 0.3) is 23.0 Å². The van der Waals surface area contributed by atoms with Gasteiger partial charge in [0, 0.05) is 29.1 Å². The SMILES string of the molecule is Cc1cc(-c2nc(-c3ccc(OC(F)(F)F)cc3)no2)nn1Cc1ccc(C2CC2)nc1. The maximum Gasteiger partial charge on any atom is 0.573 e. The lowest BCUT2D eigenvalue weighted by molar-refractivity contribution is -0.274. The summed E-state index contributed by atoms with van der Waals surface area (Å²) in [4.78, 5) is 8.87. The van der Waals surface area contributed by atoms with E-state index in [1.54, 1.807) is 0 Å². The fourth-order valence-corrected chi connectivity index (χ4v) is 3.35. The maximum atomic E-state index is 12.3. The van der Waals surface area contributed by atoms with Crippen LogP contribution < -0.4 is 4.74 Å². The lowest BCUT2D eigenvalue weighted by atomic mass is 10.2. The van der Waals surface area contributed by atoms with Crippen LogP contribution >= 0.6 is 0 Å². The molecule has 4 aromatic rings. The standard InChI is InChI=1S/C22H18F3N5O2/c1-13-10-19(28-30(13)12-14-2-9-18(26-11-14)15-3-4-15)21-27-20(29-32-21)16-5-7-17(8-6-16)31-22(23,24)25/h2,5-11,15H,3-4,12H2,1H3. The van der Waals surface area contributed by atoms with Crippen molar-refractivity contribution < 1.29 is 22.4 Å². The number of nitrogens with zero attached hydrogens (tertiary/aromatic N) is 5. The van der Waals surface area contributed by atoms with Crippen LogP contribution in [0.4, 0.5) is 13.2 Å². The number of hydrogen-bond donors (Lipinski definition) is 0. The van der Waals surface area contributed by atoms with Gasteiger partial charge in [-0.2, -0.15) is 10.1 Å². The van der Waals surface area contributed by atoms with E-state index in [1.165, 1.54) is 37.1 Å². The van der Waals surface area contributed by atoms with Crippen molar-refractivity contribution in [1.29, 1.82) is 0 Å². The third-order valence-electron chi connectivity index (χ3n) is 5.15. The van der Waals surface area contributed by atoms with Crippen LogP contribution in [0.3, 0.4) is 0 Å². The summed E-state index contributed by atoms with van der Waals surface area (Å²) in [5.74, 6) is 0.756. The smallest absolute Gasteiger partial charge is 0.406 e. The van der Waals surface area contributed by atoms with E-state index in [4.69, 9.17) is 4.52 Å². The third-order valence-corrected chi connectivity index (χ3v) is 5.15. The van der Waals surface area contributed by atoms with Gasteiger partial charge in [-0.1, -0.05) is 11.2 Å². The highest BCUT2D eigenvalue weighted by Gasteiger charge is 2.31. The zero-order valence-corrected chi connectivity index (χ0v) is 17.0. The van der Waals surface area contributed by atoms with E-state index >= 15 is 0 Å². The van der Waals surface area contributed by atoms with Gasteiger partial charge in [0.25, 0.3) is 5.89 Å². The lowest BCUT2D eigenvalue weighted by Gasteiger charge is -2.08. The van der Waals surface area contributed by atoms with Gasteiger partial charge in [-0.3, -0.25) is 9.67 Å². The molecule has 10 heteroatoms. The van der Waals surface area contributed by atoms with Crippen LogP contribution in [-0.2, 0) is 6.54 Å². The molecule has 1 aliphatic carbocycles. The largest absolute Gasteiger partial charge is 0.573 e. The summed E-state index contributed by atoms with van der Waals surface area (Å²) in [6.07, 6.45) is -0.435. The Morgan fingerprint density at radius 1 is 1.12 bits per heavy atom. The van der Waals surface area contributed by atoms with E-state index in [2.05, 4.69) is 37.1 Å². The minimum absolute atomic E-state index is 0.222. The minimum Gasteiger partial charge on any atom is -0.406 e. The summed E-state index contributed by atoms with van der Waals surface area (Å²) >= 11 is 0. The Hall–Kier alpha value is -3.69. The van der Waals surface area contributed by atoms with Gasteiger partial charge in [-0.15, -0.1) is 13.2 Å². The van der Waals surface area contributed by atoms with Gasteiger partial charge in [-0.05, 0) is 61.7 Å². The molecular weight excluding hydrogens is 423 g/mol. The Balaban J connectivity index is 1.31. The molecule has 1 fully saturated rings. The number of ether oxygens (including phenoxy) is 1. The molecule has 0 amide bonds. The zero-order valence-electron chi connectivity index (χ0n) is 17.0. The van der Waals surface area contributed by atoms with Crippen LogP contribution in [0.1, 0.15) is 35.7 Å². The molecule has 0 spiro atoms. The molecule has 1 saturated carbocycles. The fraction of sp³-hybridized carbons (Fsp3) is 0.273. The van der Waals surface area contributed by atoms with Gasteiger partial charge in [0.05, 0.1) is 6.54 Å². The van der Waals surface area contributed by atoms with Gasteiger partial charge in [-0.25, -0.2) is 0 Å². The first-order valence-electron chi connectivity index (χ1n) is 10.0. The summed E-state index contributed by atoms with van der Waals surface area (Å²) in [5.41, 5.74) is 4.11. The summed E-state index contributed by atoms with van der Waals surface area (Å²) < 4.78 is 47.9. The van der Waals surface area contributed by atoms with Crippen molar-refractivity contribution in [1.82, 2.24) is 24.9 Å². The average molecular weight is 441 g/mol. The van der Waals surface area contributed by atoms with Gasteiger partial charge in [0.2, 0.25) is 5.82 Å². The topological polar surface area (TPSA) is 78.9 Å². The van der Waals surface area contributed by atoms with Crippen molar-refractivity contribution in [2.75, 3.05) is 0 Å². The molecule has 5 rings (SSSR count). The Labute approximate surface area is 180 Å². The predicted molar refractivity (Wildman–Crippen MR) is 108 cm³/mol. The normalized spacial score (nSPS) is 14.0. The predicted octanol–water partition coefficient (Wildman–Crippen LogP) is 5.13. The molecule has 0 atom stereocenters. The summed E-state index contributed by atoms with van der Waals surface area (Å²) in [7, 11) is 0. The minimum atomic E-state index is -4.74. The van der Waals surface area contributed by atoms with Crippen LogP contribution in [0.2, 0.25) is 0 Å². The maximum absolute atomic E-state index is 12.3. The molecular formula is C22H18F3N5O2. The number of hydrogen-bond acceptors (Lipinski definition) is 6. The summed E-state index contributed by atoms with van der Waals surface area (Å²) in [6, 6.07) is 11.2. The zero-order chi connectivity index (χ0) is 22.3. The average Bonchev–Trinajstić information content (AvgIpc) is 3.37. The number of rotatable bonds is 6. The van der Waals surface area contributed by atoms with E-state index in [0.717, 1.165) is 17.0 Å². The first-order valence-corrected chi connectivity index (χ1v) is 10.0. The van der Waals surface area contributed by atoms with Crippen molar-refractivity contribution in [3.05, 3.63) is 65.6 Å². The Bertz CT molecular complexity index is 1230. The van der Waals surface area contributed by atoms with Crippen molar-refractivity contribution in [3.8, 4) is 28.7 Å². The Morgan fingerprint density at radius 2 is 1.91 bits per heavy atom. The second-order valence-corrected chi connectivity index (χ2v) is 7.69. The molecule has 0 radical (unpaired) electrons. The molecule has 164 valence electrons. The van der Waals surface area contributed by atoms with Crippen LogP contribution in [-0.4, -0.2) is 31.3 Å². The van der Waals surface area contributed by atoms with Crippen LogP contribution in [0.5, 0.6) is 5.75 Å². The lowest BCUT2D eigenvalue weighted by Crippen LogP contribution is -2.16. The van der Waals surface area contributed by atoms with Crippen LogP contribution in [0, 0.1) is 6.92 Å². The molecule has 0 aliphatic heterocycles. The molecule has 0 N–H and O–H groups in total. The van der Waals surface area contributed by atoms with E-state index in [-0.39, 0.29) is 17.5 Å². The quantitative estimate of drug-likeness (QED) is 0.413. The third kappa shape index (κ3) is 4.48. The van der Waals surface area contributed by atoms with Gasteiger partial charge < -0.3 is 9.26 Å². The fourth-order valence-electron chi connectivity index (χ4n) is 3.35. The molecule has 0 saturated heterocycles. The summed E-state index contributed by atoms with van der Waals surface area (Å²) in [5, 5.41) is 8.47. The molecule has 32 heavy (non-hydrogen) atoms. The first kappa shape index (κ1) is 20.2. The summed E-state index contributed by atoms with van der Waals surface area (Å²) in [6.45, 7) is 2.49. The molecule has 0 unspecified atom stereocenters. The molecule has 7 nitrogen and oxygen atoms in total. The number of alkyl halides is 3. The Kier molecular flexibility index (Phi) is 4.91. The Morgan fingerprint density at radius 3 is 2.56 bits per heavy atom. The van der Waals surface area contributed by atoms with Crippen molar-refractivity contribution in [3.63, 3.8) is 0 Å². The number of aromatic nitrogens is 5. The van der Waals surface area contributed by atoms with E-state index in [1.807, 2.05) is 23.9 Å². The first-order chi connectivity index (χ1) is 15.3. The van der Waals surface area contributed by atoms with Gasteiger partial charge in [0.15, 0.2) is 5.69 Å². The van der Waals surface area contributed by atoms with Crippen molar-refractivity contribution in [2.45, 2.75) is 38.6 Å². The van der Waals surface area contributed by atoms with E-state index in [0.29, 0.717) is 23.7 Å². The monoisotopic (exact) mass is 441 g/mol. The number of benzene rings is 1. The molecule has 0 bridgehead atoms. The second kappa shape index (κ2) is 7.77. The van der Waals surface area contributed by atoms with Crippen molar-refractivity contribution in [2.24, 2.45) is 0 Å². The second-order valence-electron chi connectivity index (χ2n) is 7.69. The van der Waals surface area contributed by atoms with E-state index in [9.17, 15) is 13.2 Å². The number of halogens is 3. The van der Waals surface area contributed by atoms with Gasteiger partial charge >= 0.3 is 6.36 Å².